The number of para-hydroxylation sites is 1. The Balaban J connectivity index is 1.63. The summed E-state index contributed by atoms with van der Waals surface area (Å²) in [6.07, 6.45) is 4.39. The highest BCUT2D eigenvalue weighted by Crippen LogP contribution is 2.25. The van der Waals surface area contributed by atoms with Crippen LogP contribution in [0.15, 0.2) is 66.9 Å². The van der Waals surface area contributed by atoms with E-state index in [0.29, 0.717) is 0 Å². The zero-order valence-corrected chi connectivity index (χ0v) is 13.5. The molecular formula is C20H20N2O2. The second kappa shape index (κ2) is 7.15. The molecule has 1 heterocycles. The van der Waals surface area contributed by atoms with Crippen molar-refractivity contribution in [1.29, 1.82) is 0 Å². The number of aliphatic hydroxyl groups excluding tert-OH is 1. The average Bonchev–Trinajstić information content (AvgIpc) is 2.96. The summed E-state index contributed by atoms with van der Waals surface area (Å²) in [6.45, 7) is 0.173. The highest BCUT2D eigenvalue weighted by Gasteiger charge is 2.14. The Kier molecular flexibility index (Phi) is 4.77. The lowest BCUT2D eigenvalue weighted by molar-refractivity contribution is -0.116. The normalized spacial score (nSPS) is 12.6. The van der Waals surface area contributed by atoms with E-state index >= 15 is 0 Å². The Bertz CT molecular complexity index is 866. The summed E-state index contributed by atoms with van der Waals surface area (Å²) in [5, 5.41) is 14.2. The third-order valence-electron chi connectivity index (χ3n) is 3.98. The maximum atomic E-state index is 11.9. The molecule has 4 heteroatoms. The van der Waals surface area contributed by atoms with Crippen molar-refractivity contribution in [2.45, 2.75) is 6.10 Å². The molecule has 0 fully saturated rings. The predicted molar refractivity (Wildman–Crippen MR) is 96.4 cm³/mol. The van der Waals surface area contributed by atoms with Crippen LogP contribution in [0, 0.1) is 0 Å². The number of fused-ring (bicyclic) bond motifs is 1. The Morgan fingerprint density at radius 1 is 1.17 bits per heavy atom. The van der Waals surface area contributed by atoms with E-state index in [9.17, 15) is 9.90 Å². The minimum atomic E-state index is -0.745. The van der Waals surface area contributed by atoms with Crippen LogP contribution in [0.5, 0.6) is 0 Å². The van der Waals surface area contributed by atoms with Gasteiger partial charge in [0.05, 0.1) is 6.10 Å². The number of benzene rings is 2. The van der Waals surface area contributed by atoms with Gasteiger partial charge in [-0.3, -0.25) is 4.79 Å². The fraction of sp³-hybridized carbons (Fsp3) is 0.150. The molecule has 0 radical (unpaired) electrons. The molecule has 0 aliphatic heterocycles. The largest absolute Gasteiger partial charge is 0.386 e. The molecule has 1 amide bonds. The monoisotopic (exact) mass is 320 g/mol. The van der Waals surface area contributed by atoms with Crippen LogP contribution in [0.2, 0.25) is 0 Å². The molecule has 0 saturated heterocycles. The van der Waals surface area contributed by atoms with E-state index in [1.54, 1.807) is 6.08 Å². The van der Waals surface area contributed by atoms with E-state index in [1.165, 1.54) is 6.08 Å². The summed E-state index contributed by atoms with van der Waals surface area (Å²) in [5.74, 6) is -0.224. The van der Waals surface area contributed by atoms with E-state index in [2.05, 4.69) is 5.32 Å². The van der Waals surface area contributed by atoms with Crippen LogP contribution in [-0.2, 0) is 11.8 Å². The second-order valence-corrected chi connectivity index (χ2v) is 5.72. The lowest BCUT2D eigenvalue weighted by atomic mass is 10.1. The van der Waals surface area contributed by atoms with Crippen molar-refractivity contribution < 1.29 is 9.90 Å². The maximum Gasteiger partial charge on any atom is 0.244 e. The molecule has 0 saturated carbocycles. The number of amides is 1. The lowest BCUT2D eigenvalue weighted by Crippen LogP contribution is -2.26. The first-order valence-electron chi connectivity index (χ1n) is 7.88. The molecule has 24 heavy (non-hydrogen) atoms. The number of carbonyl (C=O) groups is 1. The molecule has 2 N–H and O–H groups in total. The molecule has 122 valence electrons. The van der Waals surface area contributed by atoms with Gasteiger partial charge in [0.25, 0.3) is 0 Å². The summed E-state index contributed by atoms with van der Waals surface area (Å²) in [5.41, 5.74) is 2.84. The average molecular weight is 320 g/mol. The number of carbonyl (C=O) groups excluding carboxylic acids is 1. The van der Waals surface area contributed by atoms with Gasteiger partial charge in [-0.2, -0.15) is 0 Å². The molecule has 4 nitrogen and oxygen atoms in total. The van der Waals surface area contributed by atoms with E-state index in [0.717, 1.165) is 22.0 Å². The van der Waals surface area contributed by atoms with Crippen molar-refractivity contribution in [1.82, 2.24) is 9.88 Å². The van der Waals surface area contributed by atoms with Crippen molar-refractivity contribution in [3.63, 3.8) is 0 Å². The quantitative estimate of drug-likeness (QED) is 0.710. The van der Waals surface area contributed by atoms with E-state index in [1.807, 2.05) is 72.4 Å². The number of aliphatic hydroxyl groups is 1. The topological polar surface area (TPSA) is 54.3 Å². The first-order chi connectivity index (χ1) is 11.6. The molecule has 0 aliphatic rings. The van der Waals surface area contributed by atoms with Gasteiger partial charge in [0.2, 0.25) is 5.91 Å². The second-order valence-electron chi connectivity index (χ2n) is 5.72. The summed E-state index contributed by atoms with van der Waals surface area (Å²) < 4.78 is 1.98. The number of hydrogen-bond donors (Lipinski definition) is 2. The van der Waals surface area contributed by atoms with Crippen LogP contribution in [0.3, 0.4) is 0 Å². The van der Waals surface area contributed by atoms with Crippen molar-refractivity contribution in [2.24, 2.45) is 7.05 Å². The van der Waals surface area contributed by atoms with Crippen LogP contribution in [0.4, 0.5) is 0 Å². The van der Waals surface area contributed by atoms with Gasteiger partial charge >= 0.3 is 0 Å². The van der Waals surface area contributed by atoms with Crippen LogP contribution >= 0.6 is 0 Å². The summed E-state index contributed by atoms with van der Waals surface area (Å²) >= 11 is 0. The molecule has 0 bridgehead atoms. The first kappa shape index (κ1) is 16.0. The zero-order valence-electron chi connectivity index (χ0n) is 13.5. The third-order valence-corrected chi connectivity index (χ3v) is 3.98. The number of rotatable bonds is 5. The van der Waals surface area contributed by atoms with Gasteiger partial charge in [0.15, 0.2) is 0 Å². The number of aryl methyl sites for hydroxylation is 1. The molecule has 2 aromatic carbocycles. The Morgan fingerprint density at radius 3 is 2.67 bits per heavy atom. The Labute approximate surface area is 141 Å². The van der Waals surface area contributed by atoms with Gasteiger partial charge in [-0.1, -0.05) is 48.5 Å². The van der Waals surface area contributed by atoms with Crippen molar-refractivity contribution in [2.75, 3.05) is 6.54 Å². The van der Waals surface area contributed by atoms with Crippen LogP contribution in [0.1, 0.15) is 17.2 Å². The van der Waals surface area contributed by atoms with Gasteiger partial charge in [-0.05, 0) is 17.7 Å². The molecule has 1 unspecified atom stereocenters. The van der Waals surface area contributed by atoms with Crippen molar-refractivity contribution in [3.8, 4) is 0 Å². The maximum absolute atomic E-state index is 11.9. The van der Waals surface area contributed by atoms with Gasteiger partial charge in [0, 0.05) is 42.3 Å². The minimum absolute atomic E-state index is 0.173. The van der Waals surface area contributed by atoms with Gasteiger partial charge in [-0.15, -0.1) is 0 Å². The molecule has 1 aromatic heterocycles. The number of aromatic nitrogens is 1. The number of nitrogens with zero attached hydrogens (tertiary/aromatic N) is 1. The first-order valence-corrected chi connectivity index (χ1v) is 7.88. The van der Waals surface area contributed by atoms with Gasteiger partial charge in [-0.25, -0.2) is 0 Å². The van der Waals surface area contributed by atoms with Crippen LogP contribution in [-0.4, -0.2) is 22.1 Å². The highest BCUT2D eigenvalue weighted by molar-refractivity contribution is 5.91. The molecule has 3 rings (SSSR count). The lowest BCUT2D eigenvalue weighted by Gasteiger charge is -2.10. The van der Waals surface area contributed by atoms with Gasteiger partial charge in [0.1, 0.15) is 0 Å². The highest BCUT2D eigenvalue weighted by atomic mass is 16.3. The minimum Gasteiger partial charge on any atom is -0.386 e. The number of nitrogens with one attached hydrogen (secondary N) is 1. The summed E-state index contributed by atoms with van der Waals surface area (Å²) in [6, 6.07) is 17.5. The Hall–Kier alpha value is -2.85. The molecular weight excluding hydrogens is 300 g/mol. The third kappa shape index (κ3) is 3.55. The standard InChI is InChI=1S/C20H20N2O2/c1-22-14-17(16-9-5-6-10-18(16)22)19(23)13-21-20(24)12-11-15-7-3-2-4-8-15/h2-12,14,19,23H,13H2,1H3,(H,21,24). The van der Waals surface area contributed by atoms with Crippen molar-refractivity contribution in [3.05, 3.63) is 78.0 Å². The molecule has 1 atom stereocenters. The van der Waals surface area contributed by atoms with E-state index in [-0.39, 0.29) is 12.5 Å². The zero-order chi connectivity index (χ0) is 16.9. The Morgan fingerprint density at radius 2 is 1.88 bits per heavy atom. The predicted octanol–water partition coefficient (Wildman–Crippen LogP) is 3.04. The molecule has 0 spiro atoms. The van der Waals surface area contributed by atoms with Crippen LogP contribution in [0.25, 0.3) is 17.0 Å². The van der Waals surface area contributed by atoms with E-state index in [4.69, 9.17) is 0 Å². The molecule has 0 aliphatic carbocycles. The fourth-order valence-corrected chi connectivity index (χ4v) is 2.74. The SMILES string of the molecule is Cn1cc(C(O)CNC(=O)C=Cc2ccccc2)c2ccccc21. The van der Waals surface area contributed by atoms with Crippen molar-refractivity contribution >= 4 is 22.9 Å². The summed E-state index contributed by atoms with van der Waals surface area (Å²) in [4.78, 5) is 11.9. The summed E-state index contributed by atoms with van der Waals surface area (Å²) in [7, 11) is 1.94. The van der Waals surface area contributed by atoms with Gasteiger partial charge < -0.3 is 15.0 Å². The number of hydrogen-bond acceptors (Lipinski definition) is 2. The van der Waals surface area contributed by atoms with Crippen LogP contribution < -0.4 is 5.32 Å². The molecule has 3 aromatic rings. The van der Waals surface area contributed by atoms with E-state index < -0.39 is 6.10 Å². The fourth-order valence-electron chi connectivity index (χ4n) is 2.74. The smallest absolute Gasteiger partial charge is 0.244 e.